The molecule has 0 saturated carbocycles. The predicted octanol–water partition coefficient (Wildman–Crippen LogP) is 5.09. The number of amides is 1. The van der Waals surface area contributed by atoms with Crippen LogP contribution < -0.4 is 5.32 Å². The van der Waals surface area contributed by atoms with Crippen molar-refractivity contribution in [2.45, 2.75) is 12.5 Å². The van der Waals surface area contributed by atoms with Gasteiger partial charge in [-0.3, -0.25) is 5.32 Å². The van der Waals surface area contributed by atoms with Crippen molar-refractivity contribution in [1.82, 2.24) is 0 Å². The van der Waals surface area contributed by atoms with Gasteiger partial charge >= 0.3 is 6.09 Å². The van der Waals surface area contributed by atoms with E-state index in [0.29, 0.717) is 5.69 Å². The van der Waals surface area contributed by atoms with Crippen LogP contribution in [-0.2, 0) is 11.3 Å². The van der Waals surface area contributed by atoms with E-state index >= 15 is 0 Å². The van der Waals surface area contributed by atoms with Gasteiger partial charge in [0.2, 0.25) is 0 Å². The molecule has 0 fully saturated rings. The second-order valence-electron chi connectivity index (χ2n) is 5.78. The summed E-state index contributed by atoms with van der Waals surface area (Å²) in [7, 11) is 0. The third-order valence-corrected chi connectivity index (χ3v) is 3.97. The molecule has 1 N–H and O–H groups in total. The van der Waals surface area contributed by atoms with E-state index in [1.165, 1.54) is 0 Å². The Balaban J connectivity index is 1.60. The zero-order chi connectivity index (χ0) is 18.2. The van der Waals surface area contributed by atoms with E-state index in [4.69, 9.17) is 4.74 Å². The van der Waals surface area contributed by atoms with Crippen LogP contribution in [0.15, 0.2) is 84.9 Å². The number of carbonyl (C=O) groups excluding carboxylic acids is 1. The summed E-state index contributed by atoms with van der Waals surface area (Å²) in [5.41, 5.74) is 3.37. The molecule has 0 heterocycles. The number of hydrogen-bond acceptors (Lipinski definition) is 3. The summed E-state index contributed by atoms with van der Waals surface area (Å²) in [5.74, 6) is -0.338. The molecule has 0 spiro atoms. The Morgan fingerprint density at radius 2 is 1.46 bits per heavy atom. The minimum Gasteiger partial charge on any atom is -0.444 e. The lowest BCUT2D eigenvalue weighted by Gasteiger charge is -2.11. The van der Waals surface area contributed by atoms with Gasteiger partial charge in [-0.05, 0) is 28.8 Å². The molecule has 4 nitrogen and oxygen atoms in total. The van der Waals surface area contributed by atoms with Gasteiger partial charge < -0.3 is 4.74 Å². The zero-order valence-corrected chi connectivity index (χ0v) is 14.1. The summed E-state index contributed by atoms with van der Waals surface area (Å²) in [4.78, 5) is 11.9. The number of hydrogen-bond donors (Lipinski definition) is 1. The van der Waals surface area contributed by atoms with Gasteiger partial charge in [-0.15, -0.1) is 0 Å². The lowest BCUT2D eigenvalue weighted by molar-refractivity contribution is 0.155. The highest BCUT2D eigenvalue weighted by Gasteiger charge is 2.13. The highest BCUT2D eigenvalue weighted by molar-refractivity contribution is 5.84. The van der Waals surface area contributed by atoms with E-state index in [2.05, 4.69) is 11.4 Å². The van der Waals surface area contributed by atoms with E-state index in [1.54, 1.807) is 12.1 Å². The van der Waals surface area contributed by atoms with Gasteiger partial charge in [-0.1, -0.05) is 72.8 Å². The largest absolute Gasteiger partial charge is 0.444 e. The minimum atomic E-state index is -0.513. The molecule has 0 aromatic heterocycles. The number of anilines is 1. The standard InChI is InChI=1S/C22H18N2O2/c23-15-21(18-9-5-2-6-10-18)19-11-13-20(14-12-19)24-22(25)26-16-17-7-3-1-4-8-17/h1-14,21H,16H2,(H,24,25). The maximum atomic E-state index is 11.9. The number of nitrogens with zero attached hydrogens (tertiary/aromatic N) is 1. The Hall–Kier alpha value is -3.58. The summed E-state index contributed by atoms with van der Waals surface area (Å²) in [5, 5.41) is 12.2. The number of nitrogens with one attached hydrogen (secondary N) is 1. The minimum absolute atomic E-state index is 0.218. The highest BCUT2D eigenvalue weighted by atomic mass is 16.5. The fourth-order valence-corrected chi connectivity index (χ4v) is 2.62. The second kappa shape index (κ2) is 8.50. The van der Waals surface area contributed by atoms with Crippen LogP contribution in [0.4, 0.5) is 10.5 Å². The van der Waals surface area contributed by atoms with Crippen LogP contribution in [0.5, 0.6) is 0 Å². The first-order valence-corrected chi connectivity index (χ1v) is 8.28. The first kappa shape index (κ1) is 17.2. The van der Waals surface area contributed by atoms with Crippen molar-refractivity contribution in [3.8, 4) is 6.07 Å². The molecule has 3 rings (SSSR count). The average molecular weight is 342 g/mol. The van der Waals surface area contributed by atoms with Gasteiger partial charge in [-0.2, -0.15) is 5.26 Å². The summed E-state index contributed by atoms with van der Waals surface area (Å²) in [6, 6.07) is 28.7. The molecule has 0 radical (unpaired) electrons. The van der Waals surface area contributed by atoms with E-state index in [0.717, 1.165) is 16.7 Å². The molecule has 0 bridgehead atoms. The topological polar surface area (TPSA) is 62.1 Å². The van der Waals surface area contributed by atoms with E-state index in [1.807, 2.05) is 72.8 Å². The molecule has 128 valence electrons. The van der Waals surface area contributed by atoms with Gasteiger partial charge in [0.15, 0.2) is 0 Å². The van der Waals surface area contributed by atoms with E-state index in [9.17, 15) is 10.1 Å². The van der Waals surface area contributed by atoms with Crippen molar-refractivity contribution in [3.63, 3.8) is 0 Å². The Morgan fingerprint density at radius 1 is 0.885 bits per heavy atom. The summed E-state index contributed by atoms with van der Waals surface area (Å²) in [6.07, 6.45) is -0.513. The van der Waals surface area contributed by atoms with Gasteiger partial charge in [-0.25, -0.2) is 4.79 Å². The van der Waals surface area contributed by atoms with Gasteiger partial charge in [0.25, 0.3) is 0 Å². The molecule has 0 aliphatic heterocycles. The third-order valence-electron chi connectivity index (χ3n) is 3.97. The molecule has 26 heavy (non-hydrogen) atoms. The first-order chi connectivity index (χ1) is 12.8. The molecule has 1 unspecified atom stereocenters. The van der Waals surface area contributed by atoms with Crippen LogP contribution in [0.1, 0.15) is 22.6 Å². The van der Waals surface area contributed by atoms with Crippen LogP contribution >= 0.6 is 0 Å². The molecular formula is C22H18N2O2. The van der Waals surface area contributed by atoms with Crippen LogP contribution in [0, 0.1) is 11.3 Å². The van der Waals surface area contributed by atoms with Crippen LogP contribution in [0.25, 0.3) is 0 Å². The maximum Gasteiger partial charge on any atom is 0.411 e. The Labute approximate surface area is 152 Å². The molecule has 3 aromatic rings. The zero-order valence-electron chi connectivity index (χ0n) is 14.1. The fraction of sp³-hybridized carbons (Fsp3) is 0.0909. The summed E-state index contributed by atoms with van der Waals surface area (Å²) in [6.45, 7) is 0.218. The average Bonchev–Trinajstić information content (AvgIpc) is 2.70. The number of carbonyl (C=O) groups is 1. The van der Waals surface area contributed by atoms with Crippen molar-refractivity contribution in [2.75, 3.05) is 5.32 Å². The van der Waals surface area contributed by atoms with E-state index < -0.39 is 6.09 Å². The Morgan fingerprint density at radius 3 is 2.08 bits per heavy atom. The molecule has 0 saturated heterocycles. The lowest BCUT2D eigenvalue weighted by atomic mass is 9.93. The third kappa shape index (κ3) is 4.49. The molecule has 1 atom stereocenters. The van der Waals surface area contributed by atoms with E-state index in [-0.39, 0.29) is 12.5 Å². The quantitative estimate of drug-likeness (QED) is 0.702. The van der Waals surface area contributed by atoms with Gasteiger partial charge in [0.05, 0.1) is 12.0 Å². The first-order valence-electron chi connectivity index (χ1n) is 8.28. The van der Waals surface area contributed by atoms with Gasteiger partial charge in [0.1, 0.15) is 6.61 Å². The number of benzene rings is 3. The number of ether oxygens (including phenoxy) is 1. The molecule has 1 amide bonds. The number of nitriles is 1. The van der Waals surface area contributed by atoms with Crippen molar-refractivity contribution >= 4 is 11.8 Å². The summed E-state index contributed by atoms with van der Waals surface area (Å²) >= 11 is 0. The molecule has 0 aliphatic rings. The Kier molecular flexibility index (Phi) is 5.64. The van der Waals surface area contributed by atoms with Gasteiger partial charge in [0, 0.05) is 5.69 Å². The molecular weight excluding hydrogens is 324 g/mol. The normalized spacial score (nSPS) is 11.2. The second-order valence-corrected chi connectivity index (χ2v) is 5.78. The smallest absolute Gasteiger partial charge is 0.411 e. The SMILES string of the molecule is N#CC(c1ccccc1)c1ccc(NC(=O)OCc2ccccc2)cc1. The van der Waals surface area contributed by atoms with Crippen molar-refractivity contribution < 1.29 is 9.53 Å². The monoisotopic (exact) mass is 342 g/mol. The summed E-state index contributed by atoms with van der Waals surface area (Å²) < 4.78 is 5.20. The number of rotatable bonds is 5. The molecule has 4 heteroatoms. The Bertz CT molecular complexity index is 885. The highest BCUT2D eigenvalue weighted by Crippen LogP contribution is 2.25. The van der Waals surface area contributed by atoms with Crippen LogP contribution in [0.2, 0.25) is 0 Å². The van der Waals surface area contributed by atoms with Crippen molar-refractivity contribution in [1.29, 1.82) is 5.26 Å². The lowest BCUT2D eigenvalue weighted by Crippen LogP contribution is -2.13. The fourth-order valence-electron chi connectivity index (χ4n) is 2.62. The molecule has 3 aromatic carbocycles. The van der Waals surface area contributed by atoms with Crippen LogP contribution in [-0.4, -0.2) is 6.09 Å². The van der Waals surface area contributed by atoms with Crippen LogP contribution in [0.3, 0.4) is 0 Å². The maximum absolute atomic E-state index is 11.9. The van der Waals surface area contributed by atoms with Crippen molar-refractivity contribution in [3.05, 3.63) is 102 Å². The molecule has 0 aliphatic carbocycles. The predicted molar refractivity (Wildman–Crippen MR) is 101 cm³/mol. The van der Waals surface area contributed by atoms with Crippen molar-refractivity contribution in [2.24, 2.45) is 0 Å².